The standard InChI is InChI=1S/C14H18NO7P/c1-22-12-5-3-2-4-11(12)15-9-23(20,21)8-10(14(18)19)6-7-13(16)17/h2-5,9-10,20-21H,6-8H2,1H3,(H-,16,17,18,19)/p+1. The molecule has 1 aromatic rings. The molecule has 0 amide bonds. The van der Waals surface area contributed by atoms with Gasteiger partial charge < -0.3 is 14.9 Å². The number of hydrogen-bond acceptors (Lipinski definition) is 6. The molecule has 0 saturated heterocycles. The van der Waals surface area contributed by atoms with Gasteiger partial charge in [0.1, 0.15) is 17.6 Å². The van der Waals surface area contributed by atoms with Crippen LogP contribution in [-0.2, 0) is 9.59 Å². The fourth-order valence-electron chi connectivity index (χ4n) is 1.85. The summed E-state index contributed by atoms with van der Waals surface area (Å²) in [5.41, 5.74) is 0.375. The van der Waals surface area contributed by atoms with Crippen molar-refractivity contribution in [2.45, 2.75) is 12.8 Å². The normalized spacial score (nSPS) is 13.0. The maximum absolute atomic E-state index is 11.1. The number of rotatable bonds is 9. The quantitative estimate of drug-likeness (QED) is 0.396. The van der Waals surface area contributed by atoms with E-state index < -0.39 is 31.7 Å². The van der Waals surface area contributed by atoms with Crippen LogP contribution >= 0.6 is 7.72 Å². The van der Waals surface area contributed by atoms with E-state index in [4.69, 9.17) is 14.9 Å². The lowest BCUT2D eigenvalue weighted by molar-refractivity contribution is -0.142. The second-order valence-corrected chi connectivity index (χ2v) is 7.02. The highest BCUT2D eigenvalue weighted by molar-refractivity contribution is 7.79. The minimum absolute atomic E-state index is 0.184. The summed E-state index contributed by atoms with van der Waals surface area (Å²) in [4.78, 5) is 45.6. The second-order valence-electron chi connectivity index (χ2n) is 4.85. The minimum Gasteiger partial charge on any atom is -0.494 e. The van der Waals surface area contributed by atoms with Crippen LogP contribution in [0, 0.1) is 5.92 Å². The lowest BCUT2D eigenvalue weighted by atomic mass is 10.1. The van der Waals surface area contributed by atoms with E-state index in [0.717, 1.165) is 5.96 Å². The van der Waals surface area contributed by atoms with E-state index in [2.05, 4.69) is 4.99 Å². The summed E-state index contributed by atoms with van der Waals surface area (Å²) < 4.78 is 5.07. The Morgan fingerprint density at radius 3 is 2.52 bits per heavy atom. The van der Waals surface area contributed by atoms with Crippen molar-refractivity contribution < 1.29 is 34.3 Å². The highest BCUT2D eigenvalue weighted by atomic mass is 31.2. The number of para-hydroxylation sites is 2. The van der Waals surface area contributed by atoms with Crippen molar-refractivity contribution in [2.24, 2.45) is 10.9 Å². The number of aliphatic imine (C=N–C) groups is 1. The molecule has 0 fully saturated rings. The first-order chi connectivity index (χ1) is 10.7. The molecule has 4 N–H and O–H groups in total. The third-order valence-corrected chi connectivity index (χ3v) is 4.48. The summed E-state index contributed by atoms with van der Waals surface area (Å²) in [6.45, 7) is 0. The van der Waals surface area contributed by atoms with Gasteiger partial charge in [0, 0.05) is 6.42 Å². The topological polar surface area (TPSA) is 137 Å². The molecule has 0 aromatic heterocycles. The number of nitrogens with zero attached hydrogens (tertiary/aromatic N) is 1. The highest BCUT2D eigenvalue weighted by Crippen LogP contribution is 2.50. The molecule has 1 unspecified atom stereocenters. The zero-order valence-corrected chi connectivity index (χ0v) is 13.4. The van der Waals surface area contributed by atoms with Crippen molar-refractivity contribution in [1.82, 2.24) is 0 Å². The van der Waals surface area contributed by atoms with Crippen molar-refractivity contribution >= 4 is 31.3 Å². The average molecular weight is 344 g/mol. The molecule has 0 spiro atoms. The SMILES string of the molecule is COc1ccccc1N=C[P+](O)(O)CC(CCC(=O)O)C(=O)O. The third-order valence-electron chi connectivity index (χ3n) is 3.01. The first-order valence-electron chi connectivity index (χ1n) is 6.71. The third kappa shape index (κ3) is 6.73. The number of carbonyl (C=O) groups is 2. The Labute approximate surface area is 133 Å². The van der Waals surface area contributed by atoms with E-state index in [9.17, 15) is 19.4 Å². The smallest absolute Gasteiger partial charge is 0.312 e. The molecule has 8 nitrogen and oxygen atoms in total. The van der Waals surface area contributed by atoms with Gasteiger partial charge in [0.15, 0.2) is 0 Å². The minimum atomic E-state index is -3.73. The van der Waals surface area contributed by atoms with Gasteiger partial charge in [-0.25, -0.2) is 14.8 Å². The van der Waals surface area contributed by atoms with Gasteiger partial charge in [-0.3, -0.25) is 9.59 Å². The predicted octanol–water partition coefficient (Wildman–Crippen LogP) is 1.75. The Morgan fingerprint density at radius 1 is 1.30 bits per heavy atom. The molecule has 0 saturated carbocycles. The Morgan fingerprint density at radius 2 is 1.96 bits per heavy atom. The van der Waals surface area contributed by atoms with Gasteiger partial charge in [0.25, 0.3) is 0 Å². The lowest BCUT2D eigenvalue weighted by Crippen LogP contribution is -2.21. The van der Waals surface area contributed by atoms with Crippen molar-refractivity contribution in [1.29, 1.82) is 0 Å². The molecule has 23 heavy (non-hydrogen) atoms. The van der Waals surface area contributed by atoms with Crippen molar-refractivity contribution in [3.8, 4) is 5.75 Å². The summed E-state index contributed by atoms with van der Waals surface area (Å²) in [6, 6.07) is 6.67. The number of ether oxygens (including phenoxy) is 1. The van der Waals surface area contributed by atoms with Crippen LogP contribution in [0.1, 0.15) is 12.8 Å². The summed E-state index contributed by atoms with van der Waals surface area (Å²) >= 11 is 0. The predicted molar refractivity (Wildman–Crippen MR) is 85.4 cm³/mol. The van der Waals surface area contributed by atoms with E-state index >= 15 is 0 Å². The van der Waals surface area contributed by atoms with Gasteiger partial charge in [0.05, 0.1) is 13.0 Å². The van der Waals surface area contributed by atoms with Crippen LogP contribution in [0.2, 0.25) is 0 Å². The zero-order chi connectivity index (χ0) is 17.5. The van der Waals surface area contributed by atoms with Gasteiger partial charge in [-0.2, -0.15) is 0 Å². The maximum atomic E-state index is 11.1. The Kier molecular flexibility index (Phi) is 7.09. The van der Waals surface area contributed by atoms with Crippen LogP contribution in [0.5, 0.6) is 5.75 Å². The Hall–Kier alpha value is -2.02. The van der Waals surface area contributed by atoms with E-state index in [1.807, 2.05) is 0 Å². The zero-order valence-electron chi connectivity index (χ0n) is 12.5. The molecule has 126 valence electrons. The fourth-order valence-corrected chi connectivity index (χ4v) is 3.24. The molecule has 0 aliphatic carbocycles. The second kappa shape index (κ2) is 8.57. The van der Waals surface area contributed by atoms with Crippen LogP contribution in [-0.4, -0.2) is 51.2 Å². The molecule has 0 aliphatic rings. The van der Waals surface area contributed by atoms with E-state index in [-0.39, 0.29) is 12.8 Å². The summed E-state index contributed by atoms with van der Waals surface area (Å²) in [5.74, 6) is -2.23. The summed E-state index contributed by atoms with van der Waals surface area (Å²) in [6.07, 6.45) is -1.01. The molecule has 1 atom stereocenters. The van der Waals surface area contributed by atoms with Crippen LogP contribution in [0.4, 0.5) is 5.69 Å². The molecule has 0 aliphatic heterocycles. The van der Waals surface area contributed by atoms with Crippen LogP contribution < -0.4 is 4.74 Å². The molecular formula is C14H19NO7P+. The number of aliphatic carboxylic acids is 2. The highest BCUT2D eigenvalue weighted by Gasteiger charge is 2.38. The fraction of sp³-hybridized carbons (Fsp3) is 0.357. The van der Waals surface area contributed by atoms with Crippen molar-refractivity contribution in [3.05, 3.63) is 24.3 Å². The molecule has 0 bridgehead atoms. The summed E-state index contributed by atoms with van der Waals surface area (Å²) in [7, 11) is -2.28. The number of hydrogen-bond donors (Lipinski definition) is 4. The summed E-state index contributed by atoms with van der Waals surface area (Å²) in [5, 5.41) is 17.7. The van der Waals surface area contributed by atoms with Crippen molar-refractivity contribution in [2.75, 3.05) is 13.3 Å². The molecule has 0 radical (unpaired) electrons. The molecule has 9 heteroatoms. The lowest BCUT2D eigenvalue weighted by Gasteiger charge is -2.13. The molecule has 1 aromatic carbocycles. The van der Waals surface area contributed by atoms with Gasteiger partial charge >= 0.3 is 19.7 Å². The number of benzene rings is 1. The average Bonchev–Trinajstić information content (AvgIpc) is 2.49. The van der Waals surface area contributed by atoms with Gasteiger partial charge in [-0.05, 0) is 18.6 Å². The number of carboxylic acids is 2. The van der Waals surface area contributed by atoms with Gasteiger partial charge in [0.2, 0.25) is 5.96 Å². The van der Waals surface area contributed by atoms with E-state index in [0.29, 0.717) is 11.4 Å². The molecule has 0 heterocycles. The van der Waals surface area contributed by atoms with Gasteiger partial charge in [-0.15, -0.1) is 0 Å². The largest absolute Gasteiger partial charge is 0.494 e. The van der Waals surface area contributed by atoms with E-state index in [1.54, 1.807) is 24.3 Å². The first kappa shape index (κ1) is 19.0. The Balaban J connectivity index is 2.81. The molecular weight excluding hydrogens is 325 g/mol. The Bertz CT molecular complexity index is 588. The van der Waals surface area contributed by atoms with E-state index in [1.165, 1.54) is 7.11 Å². The maximum Gasteiger partial charge on any atom is 0.312 e. The monoisotopic (exact) mass is 344 g/mol. The first-order valence-corrected chi connectivity index (χ1v) is 8.66. The molecule has 1 rings (SSSR count). The van der Waals surface area contributed by atoms with Gasteiger partial charge in [-0.1, -0.05) is 12.1 Å². The number of carboxylic acid groups (broad SMARTS) is 2. The van der Waals surface area contributed by atoms with Crippen LogP contribution in [0.3, 0.4) is 0 Å². The number of methoxy groups -OCH3 is 1. The van der Waals surface area contributed by atoms with Crippen molar-refractivity contribution in [3.63, 3.8) is 0 Å². The van der Waals surface area contributed by atoms with Crippen LogP contribution in [0.25, 0.3) is 0 Å². The van der Waals surface area contributed by atoms with Crippen LogP contribution in [0.15, 0.2) is 29.3 Å².